The van der Waals surface area contributed by atoms with Gasteiger partial charge in [0.25, 0.3) is 0 Å². The van der Waals surface area contributed by atoms with Crippen molar-refractivity contribution < 1.29 is 4.42 Å². The molecule has 0 bridgehead atoms. The smallest absolute Gasteiger partial charge is 0.135 e. The molecule has 0 fully saturated rings. The zero-order valence-electron chi connectivity index (χ0n) is 33.5. The van der Waals surface area contributed by atoms with Crippen molar-refractivity contribution >= 4 is 153 Å². The Morgan fingerprint density at radius 1 is 0.377 bits per heavy atom. The van der Waals surface area contributed by atoms with E-state index in [0.29, 0.717) is 54.6 Å². The van der Waals surface area contributed by atoms with Gasteiger partial charge in [-0.15, -0.1) is 10.9 Å². The molecule has 8 heteroatoms. The lowest BCUT2D eigenvalue weighted by Crippen LogP contribution is -2.48. The molecule has 1 heterocycles. The van der Waals surface area contributed by atoms with Gasteiger partial charge in [-0.25, -0.2) is 0 Å². The maximum absolute atomic E-state index is 7.45. The third-order valence-corrected chi connectivity index (χ3v) is 12.0. The maximum Gasteiger partial charge on any atom is 0.135 e. The van der Waals surface area contributed by atoms with Gasteiger partial charge in [0.1, 0.15) is 66.1 Å². The number of fused-ring (bicyclic) bond motifs is 6. The Hall–Kier alpha value is -6.51. The van der Waals surface area contributed by atoms with Crippen molar-refractivity contribution in [1.29, 1.82) is 0 Å². The molecule has 0 saturated carbocycles. The highest BCUT2D eigenvalue weighted by Gasteiger charge is 2.26. The predicted molar refractivity (Wildman–Crippen MR) is 270 cm³/mol. The zero-order valence-corrected chi connectivity index (χ0v) is 33.5. The molecule has 10 rings (SSSR count). The normalized spacial score (nSPS) is 12.0. The first-order valence-electron chi connectivity index (χ1n) is 20.1. The van der Waals surface area contributed by atoms with Gasteiger partial charge >= 0.3 is 0 Å². The Morgan fingerprint density at radius 2 is 0.902 bits per heavy atom. The van der Waals surface area contributed by atoms with Gasteiger partial charge in [0.2, 0.25) is 0 Å². The molecular weight excluding hydrogens is 728 g/mol. The molecule has 0 aliphatic rings. The quantitative estimate of drug-likeness (QED) is 0.103. The summed E-state index contributed by atoms with van der Waals surface area (Å²) >= 11 is 0. The van der Waals surface area contributed by atoms with Gasteiger partial charge in [-0.2, -0.15) is 0 Å². The lowest BCUT2D eigenvalue weighted by atomic mass is 9.60. The first-order valence-corrected chi connectivity index (χ1v) is 20.1. The SMILES string of the molecule is [B]c1c([B])c([B])c2c(-c3ccc(-c4ccc5ccccc5c4)cc3)c3c([B])c(-c4ccccc4)c([B])c([B])c3c(-c3ccc4oc5ccc(/C=C\C=C/C)cc5c4c3)c2c1[B]. The van der Waals surface area contributed by atoms with E-state index in [4.69, 9.17) is 59.3 Å². The number of benzene rings is 9. The van der Waals surface area contributed by atoms with Crippen LogP contribution < -0.4 is 38.2 Å². The van der Waals surface area contributed by atoms with Crippen LogP contribution in [0.2, 0.25) is 0 Å². The molecule has 0 N–H and O–H groups in total. The maximum atomic E-state index is 7.45. The van der Waals surface area contributed by atoms with Crippen LogP contribution in [0.5, 0.6) is 0 Å². The lowest BCUT2D eigenvalue weighted by molar-refractivity contribution is 0.669. The van der Waals surface area contributed by atoms with Crippen LogP contribution in [-0.2, 0) is 0 Å². The summed E-state index contributed by atoms with van der Waals surface area (Å²) in [6.45, 7) is 1.99. The molecule has 0 aliphatic carbocycles. The van der Waals surface area contributed by atoms with E-state index in [1.165, 1.54) is 5.39 Å². The molecule has 9 aromatic carbocycles. The molecule has 0 spiro atoms. The number of rotatable bonds is 6. The molecule has 0 aliphatic heterocycles. The minimum Gasteiger partial charge on any atom is -0.456 e. The van der Waals surface area contributed by atoms with Crippen LogP contribution in [-0.4, -0.2) is 54.9 Å². The highest BCUT2D eigenvalue weighted by Crippen LogP contribution is 2.43. The fraction of sp³-hybridized carbons (Fsp3) is 0.0189. The van der Waals surface area contributed by atoms with E-state index in [1.54, 1.807) is 0 Å². The summed E-state index contributed by atoms with van der Waals surface area (Å²) in [6.07, 6.45) is 8.05. The Kier molecular flexibility index (Phi) is 9.64. The summed E-state index contributed by atoms with van der Waals surface area (Å²) in [5.41, 5.74) is 11.1. The van der Waals surface area contributed by atoms with Crippen molar-refractivity contribution in [2.75, 3.05) is 0 Å². The van der Waals surface area contributed by atoms with E-state index in [-0.39, 0.29) is 21.9 Å². The molecule has 0 unspecified atom stereocenters. The van der Waals surface area contributed by atoms with Crippen molar-refractivity contribution in [1.82, 2.24) is 0 Å². The Labute approximate surface area is 364 Å². The van der Waals surface area contributed by atoms with Crippen LogP contribution >= 0.6 is 0 Å². The summed E-state index contributed by atoms with van der Waals surface area (Å²) in [6, 6.07) is 45.1. The van der Waals surface area contributed by atoms with Gasteiger partial charge in [0, 0.05) is 10.8 Å². The largest absolute Gasteiger partial charge is 0.456 e. The summed E-state index contributed by atoms with van der Waals surface area (Å²) in [7, 11) is 49.6. The molecule has 0 saturated heterocycles. The summed E-state index contributed by atoms with van der Waals surface area (Å²) in [4.78, 5) is 0. The van der Waals surface area contributed by atoms with E-state index >= 15 is 0 Å². The van der Waals surface area contributed by atoms with Gasteiger partial charge in [0.05, 0.1) is 0 Å². The lowest BCUT2D eigenvalue weighted by Gasteiger charge is -2.29. The van der Waals surface area contributed by atoms with Crippen molar-refractivity contribution in [3.05, 3.63) is 157 Å². The van der Waals surface area contributed by atoms with E-state index in [0.717, 1.165) is 60.7 Å². The van der Waals surface area contributed by atoms with Crippen molar-refractivity contribution in [2.45, 2.75) is 6.92 Å². The summed E-state index contributed by atoms with van der Waals surface area (Å²) < 4.78 is 6.36. The molecule has 14 radical (unpaired) electrons. The minimum absolute atomic E-state index is 0.177. The molecule has 10 aromatic rings. The second-order valence-corrected chi connectivity index (χ2v) is 15.5. The predicted octanol–water partition coefficient (Wildman–Crippen LogP) is 6.86. The topological polar surface area (TPSA) is 13.1 Å². The number of allylic oxidation sites excluding steroid dienone is 3. The second kappa shape index (κ2) is 15.2. The van der Waals surface area contributed by atoms with E-state index < -0.39 is 0 Å². The standard InChI is InChI=1S/C53H29B7O/c1-2-3-5-10-28-15-23-38-36(25-28)37-27-35(22-24-39(37)61-38)41-45-43(47(54)42(48(55)49(45)56)31-12-6-4-7-13-31)40(44-46(41)51(58)53(60)52(59)50(44)57)32-19-16-30(17-20-32)34-21-18-29-11-8-9-14-33(29)26-34/h2-27H,1H3/b3-2-,10-5-. The highest BCUT2D eigenvalue weighted by molar-refractivity contribution is 6.69. The average molecular weight is 757 g/mol. The van der Waals surface area contributed by atoms with Crippen LogP contribution in [0.3, 0.4) is 0 Å². The molecule has 1 aromatic heterocycles. The zero-order chi connectivity index (χ0) is 42.1. The monoisotopic (exact) mass is 758 g/mol. The number of furan rings is 1. The van der Waals surface area contributed by atoms with Crippen LogP contribution in [0, 0.1) is 0 Å². The summed E-state index contributed by atoms with van der Waals surface area (Å²) in [5, 5.41) is 6.66. The van der Waals surface area contributed by atoms with E-state index in [2.05, 4.69) is 72.8 Å². The minimum atomic E-state index is 0.177. The molecule has 1 nitrogen and oxygen atoms in total. The van der Waals surface area contributed by atoms with Gasteiger partial charge in [-0.3, -0.25) is 0 Å². The van der Waals surface area contributed by atoms with Gasteiger partial charge in [-0.05, 0) is 120 Å². The van der Waals surface area contributed by atoms with Crippen LogP contribution in [0.15, 0.2) is 156 Å². The molecule has 61 heavy (non-hydrogen) atoms. The average Bonchev–Trinajstić information content (AvgIpc) is 3.66. The third kappa shape index (κ3) is 6.26. The van der Waals surface area contributed by atoms with Crippen molar-refractivity contribution in [3.63, 3.8) is 0 Å². The van der Waals surface area contributed by atoms with Crippen molar-refractivity contribution in [2.24, 2.45) is 0 Å². The van der Waals surface area contributed by atoms with Crippen molar-refractivity contribution in [3.8, 4) is 44.5 Å². The third-order valence-electron chi connectivity index (χ3n) is 12.0. The second-order valence-electron chi connectivity index (χ2n) is 15.5. The number of hydrogen-bond acceptors (Lipinski definition) is 1. The summed E-state index contributed by atoms with van der Waals surface area (Å²) in [5.74, 6) is 0. The van der Waals surface area contributed by atoms with Gasteiger partial charge in [-0.1, -0.05) is 155 Å². The first kappa shape index (κ1) is 38.7. The van der Waals surface area contributed by atoms with Crippen LogP contribution in [0.25, 0.3) is 105 Å². The molecule has 0 atom stereocenters. The van der Waals surface area contributed by atoms with E-state index in [9.17, 15) is 0 Å². The fourth-order valence-corrected chi connectivity index (χ4v) is 8.95. The fourth-order valence-electron chi connectivity index (χ4n) is 8.95. The molecule has 0 amide bonds. The molecule has 268 valence electrons. The first-order chi connectivity index (χ1) is 29.6. The highest BCUT2D eigenvalue weighted by atomic mass is 16.3. The Balaban J connectivity index is 1.33. The van der Waals surface area contributed by atoms with E-state index in [1.807, 2.05) is 91.9 Å². The van der Waals surface area contributed by atoms with Crippen LogP contribution in [0.4, 0.5) is 0 Å². The van der Waals surface area contributed by atoms with Crippen LogP contribution in [0.1, 0.15) is 12.5 Å². The number of hydrogen-bond donors (Lipinski definition) is 0. The van der Waals surface area contributed by atoms with Gasteiger partial charge in [0.15, 0.2) is 0 Å². The van der Waals surface area contributed by atoms with Gasteiger partial charge < -0.3 is 4.42 Å². The Bertz CT molecular complexity index is 3490. The molecular formula is C53H29B7O. The Morgan fingerprint density at radius 3 is 1.59 bits per heavy atom.